The van der Waals surface area contributed by atoms with Gasteiger partial charge in [-0.1, -0.05) is 12.1 Å². The fraction of sp³-hybridized carbons (Fsp3) is 0.294. The van der Waals surface area contributed by atoms with Gasteiger partial charge >= 0.3 is 0 Å². The molecule has 2 rings (SSSR count). The number of rotatable bonds is 5. The molecule has 110 valence electrons. The van der Waals surface area contributed by atoms with Crippen molar-refractivity contribution in [3.8, 4) is 0 Å². The van der Waals surface area contributed by atoms with E-state index in [-0.39, 0.29) is 5.91 Å². The van der Waals surface area contributed by atoms with Gasteiger partial charge in [-0.05, 0) is 56.6 Å². The zero-order valence-electron chi connectivity index (χ0n) is 12.5. The van der Waals surface area contributed by atoms with Crippen molar-refractivity contribution in [2.24, 2.45) is 5.73 Å². The van der Waals surface area contributed by atoms with E-state index in [9.17, 15) is 4.79 Å². The summed E-state index contributed by atoms with van der Waals surface area (Å²) < 4.78 is 0. The van der Waals surface area contributed by atoms with Crippen LogP contribution in [0.1, 0.15) is 28.0 Å². The second kappa shape index (κ2) is 6.99. The normalized spacial score (nSPS) is 10.4. The second-order valence-corrected chi connectivity index (χ2v) is 5.13. The molecule has 0 bridgehead atoms. The van der Waals surface area contributed by atoms with Crippen molar-refractivity contribution in [3.63, 3.8) is 0 Å². The summed E-state index contributed by atoms with van der Waals surface area (Å²) in [5.41, 5.74) is 9.11. The summed E-state index contributed by atoms with van der Waals surface area (Å²) in [6.45, 7) is 5.08. The third-order valence-corrected chi connectivity index (χ3v) is 3.30. The molecule has 0 fully saturated rings. The van der Waals surface area contributed by atoms with Crippen LogP contribution in [0.5, 0.6) is 0 Å². The van der Waals surface area contributed by atoms with E-state index in [2.05, 4.69) is 4.98 Å². The standard InChI is InChI=1S/C17H21N3O/c1-13-5-3-6-16(11-13)20(10-4-9-18)17(21)15-8-7-14(2)19-12-15/h3,5-8,11-12H,4,9-10,18H2,1-2H3. The molecule has 1 aromatic heterocycles. The molecule has 4 nitrogen and oxygen atoms in total. The van der Waals surface area contributed by atoms with E-state index >= 15 is 0 Å². The molecule has 0 saturated carbocycles. The average molecular weight is 283 g/mol. The number of nitrogens with two attached hydrogens (primary N) is 1. The van der Waals surface area contributed by atoms with Gasteiger partial charge in [0, 0.05) is 24.1 Å². The smallest absolute Gasteiger partial charge is 0.259 e. The van der Waals surface area contributed by atoms with Crippen LogP contribution in [0.3, 0.4) is 0 Å². The fourth-order valence-corrected chi connectivity index (χ4v) is 2.14. The Bertz CT molecular complexity index is 608. The van der Waals surface area contributed by atoms with Crippen LogP contribution >= 0.6 is 0 Å². The van der Waals surface area contributed by atoms with Gasteiger partial charge in [-0.25, -0.2) is 0 Å². The van der Waals surface area contributed by atoms with Gasteiger partial charge in [-0.3, -0.25) is 9.78 Å². The molecule has 21 heavy (non-hydrogen) atoms. The minimum atomic E-state index is -0.0402. The van der Waals surface area contributed by atoms with Crippen LogP contribution in [0.25, 0.3) is 0 Å². The predicted molar refractivity (Wildman–Crippen MR) is 85.5 cm³/mol. The number of carbonyl (C=O) groups is 1. The molecule has 1 heterocycles. The number of aryl methyl sites for hydroxylation is 2. The number of amides is 1. The summed E-state index contributed by atoms with van der Waals surface area (Å²) in [6.07, 6.45) is 2.39. The third-order valence-electron chi connectivity index (χ3n) is 3.30. The Kier molecular flexibility index (Phi) is 5.06. The lowest BCUT2D eigenvalue weighted by molar-refractivity contribution is 0.0986. The van der Waals surface area contributed by atoms with Gasteiger partial charge < -0.3 is 10.6 Å². The third kappa shape index (κ3) is 3.89. The van der Waals surface area contributed by atoms with E-state index in [1.54, 1.807) is 11.1 Å². The summed E-state index contributed by atoms with van der Waals surface area (Å²) in [4.78, 5) is 18.7. The summed E-state index contributed by atoms with van der Waals surface area (Å²) >= 11 is 0. The van der Waals surface area contributed by atoms with Crippen molar-refractivity contribution in [1.82, 2.24) is 4.98 Å². The maximum atomic E-state index is 12.7. The van der Waals surface area contributed by atoms with Gasteiger partial charge in [0.05, 0.1) is 5.56 Å². The molecule has 0 unspecified atom stereocenters. The minimum absolute atomic E-state index is 0.0402. The molecule has 0 aliphatic carbocycles. The number of hydrogen-bond donors (Lipinski definition) is 1. The van der Waals surface area contributed by atoms with Crippen LogP contribution < -0.4 is 10.6 Å². The largest absolute Gasteiger partial charge is 0.330 e. The highest BCUT2D eigenvalue weighted by molar-refractivity contribution is 6.05. The molecule has 2 N–H and O–H groups in total. The topological polar surface area (TPSA) is 59.2 Å². The van der Waals surface area contributed by atoms with Gasteiger partial charge in [0.2, 0.25) is 0 Å². The maximum Gasteiger partial charge on any atom is 0.259 e. The van der Waals surface area contributed by atoms with E-state index in [4.69, 9.17) is 5.73 Å². The van der Waals surface area contributed by atoms with E-state index in [0.29, 0.717) is 18.7 Å². The monoisotopic (exact) mass is 283 g/mol. The minimum Gasteiger partial charge on any atom is -0.330 e. The van der Waals surface area contributed by atoms with E-state index in [0.717, 1.165) is 23.4 Å². The number of benzene rings is 1. The van der Waals surface area contributed by atoms with Crippen LogP contribution in [0.4, 0.5) is 5.69 Å². The van der Waals surface area contributed by atoms with Gasteiger partial charge in [0.25, 0.3) is 5.91 Å². The first-order valence-electron chi connectivity index (χ1n) is 7.13. The van der Waals surface area contributed by atoms with E-state index in [1.165, 1.54) is 0 Å². The van der Waals surface area contributed by atoms with Gasteiger partial charge in [-0.2, -0.15) is 0 Å². The molecule has 1 aromatic carbocycles. The van der Waals surface area contributed by atoms with E-state index < -0.39 is 0 Å². The lowest BCUT2D eigenvalue weighted by Crippen LogP contribution is -2.33. The quantitative estimate of drug-likeness (QED) is 0.917. The highest BCUT2D eigenvalue weighted by atomic mass is 16.2. The number of anilines is 1. The molecule has 0 radical (unpaired) electrons. The van der Waals surface area contributed by atoms with Gasteiger partial charge in [-0.15, -0.1) is 0 Å². The Morgan fingerprint density at radius 1 is 1.24 bits per heavy atom. The number of nitrogens with zero attached hydrogens (tertiary/aromatic N) is 2. The zero-order valence-corrected chi connectivity index (χ0v) is 12.5. The Morgan fingerprint density at radius 3 is 2.67 bits per heavy atom. The summed E-state index contributed by atoms with van der Waals surface area (Å²) in [5.74, 6) is -0.0402. The van der Waals surface area contributed by atoms with Crippen molar-refractivity contribution in [1.29, 1.82) is 0 Å². The predicted octanol–water partition coefficient (Wildman–Crippen LogP) is 2.69. The lowest BCUT2D eigenvalue weighted by Gasteiger charge is -2.23. The Hall–Kier alpha value is -2.20. The number of carbonyl (C=O) groups excluding carboxylic acids is 1. The highest BCUT2D eigenvalue weighted by Gasteiger charge is 2.17. The zero-order chi connectivity index (χ0) is 15.2. The van der Waals surface area contributed by atoms with Crippen molar-refractivity contribution in [3.05, 3.63) is 59.4 Å². The van der Waals surface area contributed by atoms with Gasteiger partial charge in [0.15, 0.2) is 0 Å². The Labute approximate surface area is 125 Å². The molecule has 0 saturated heterocycles. The summed E-state index contributed by atoms with van der Waals surface area (Å²) in [5, 5.41) is 0. The molecular weight excluding hydrogens is 262 g/mol. The van der Waals surface area contributed by atoms with E-state index in [1.807, 2.05) is 50.2 Å². The SMILES string of the molecule is Cc1cccc(N(CCCN)C(=O)c2ccc(C)nc2)c1. The summed E-state index contributed by atoms with van der Waals surface area (Å²) in [7, 11) is 0. The number of pyridine rings is 1. The molecule has 2 aromatic rings. The Morgan fingerprint density at radius 2 is 2.05 bits per heavy atom. The fourth-order valence-electron chi connectivity index (χ4n) is 2.14. The maximum absolute atomic E-state index is 12.7. The second-order valence-electron chi connectivity index (χ2n) is 5.13. The molecule has 4 heteroatoms. The molecule has 0 aliphatic heterocycles. The molecule has 1 amide bonds. The van der Waals surface area contributed by atoms with Crippen molar-refractivity contribution in [2.45, 2.75) is 20.3 Å². The molecule has 0 atom stereocenters. The van der Waals surface area contributed by atoms with Crippen LogP contribution in [-0.4, -0.2) is 24.0 Å². The molecular formula is C17H21N3O. The Balaban J connectivity index is 2.31. The van der Waals surface area contributed by atoms with Crippen molar-refractivity contribution < 1.29 is 4.79 Å². The summed E-state index contributed by atoms with van der Waals surface area (Å²) in [6, 6.07) is 11.6. The molecule has 0 spiro atoms. The van der Waals surface area contributed by atoms with Crippen LogP contribution in [-0.2, 0) is 0 Å². The van der Waals surface area contributed by atoms with Crippen LogP contribution in [0.15, 0.2) is 42.6 Å². The first kappa shape index (κ1) is 15.2. The average Bonchev–Trinajstić information content (AvgIpc) is 2.48. The first-order chi connectivity index (χ1) is 10.1. The number of hydrogen-bond acceptors (Lipinski definition) is 3. The van der Waals surface area contributed by atoms with Crippen LogP contribution in [0.2, 0.25) is 0 Å². The first-order valence-corrected chi connectivity index (χ1v) is 7.13. The highest BCUT2D eigenvalue weighted by Crippen LogP contribution is 2.19. The molecule has 0 aliphatic rings. The van der Waals surface area contributed by atoms with Crippen LogP contribution in [0, 0.1) is 13.8 Å². The number of aromatic nitrogens is 1. The van der Waals surface area contributed by atoms with Crippen molar-refractivity contribution >= 4 is 11.6 Å². The lowest BCUT2D eigenvalue weighted by atomic mass is 10.1. The van der Waals surface area contributed by atoms with Gasteiger partial charge in [0.1, 0.15) is 0 Å². The van der Waals surface area contributed by atoms with Crippen molar-refractivity contribution in [2.75, 3.05) is 18.0 Å².